The largest absolute Gasteiger partial charge is 0.468 e. The number of piperidine rings is 1. The zero-order valence-corrected chi connectivity index (χ0v) is 11.5. The van der Waals surface area contributed by atoms with Crippen molar-refractivity contribution >= 4 is 5.97 Å². The van der Waals surface area contributed by atoms with Gasteiger partial charge in [-0.15, -0.1) is 0 Å². The number of ether oxygens (including phenoxy) is 1. The third-order valence-corrected chi connectivity index (χ3v) is 4.33. The topological polar surface area (TPSA) is 58.8 Å². The van der Waals surface area contributed by atoms with Crippen LogP contribution in [0.3, 0.4) is 0 Å². The number of nitrogens with two attached hydrogens (primary N) is 1. The van der Waals surface area contributed by atoms with Gasteiger partial charge in [-0.3, -0.25) is 14.6 Å². The number of esters is 1. The third-order valence-electron chi connectivity index (χ3n) is 4.33. The van der Waals surface area contributed by atoms with Gasteiger partial charge in [0.05, 0.1) is 7.11 Å². The highest BCUT2D eigenvalue weighted by Crippen LogP contribution is 2.25. The predicted octanol–water partition coefficient (Wildman–Crippen LogP) is 0.0453. The Hall–Kier alpha value is -0.650. The first-order valence-corrected chi connectivity index (χ1v) is 6.95. The van der Waals surface area contributed by atoms with Gasteiger partial charge in [0, 0.05) is 31.7 Å². The summed E-state index contributed by atoms with van der Waals surface area (Å²) in [4.78, 5) is 16.6. The number of hydrogen-bond acceptors (Lipinski definition) is 5. The predicted molar refractivity (Wildman–Crippen MR) is 70.2 cm³/mol. The van der Waals surface area contributed by atoms with Crippen molar-refractivity contribution < 1.29 is 9.53 Å². The molecule has 0 aromatic carbocycles. The van der Waals surface area contributed by atoms with Crippen LogP contribution in [0, 0.1) is 0 Å². The molecule has 18 heavy (non-hydrogen) atoms. The van der Waals surface area contributed by atoms with Gasteiger partial charge in [-0.1, -0.05) is 6.42 Å². The van der Waals surface area contributed by atoms with Crippen molar-refractivity contribution in [2.75, 3.05) is 33.3 Å². The molecule has 2 aliphatic rings. The molecule has 5 nitrogen and oxygen atoms in total. The van der Waals surface area contributed by atoms with Gasteiger partial charge in [-0.05, 0) is 26.3 Å². The van der Waals surface area contributed by atoms with E-state index < -0.39 is 0 Å². The molecule has 2 saturated heterocycles. The fourth-order valence-corrected chi connectivity index (χ4v) is 3.31. The van der Waals surface area contributed by atoms with Crippen LogP contribution in [0.4, 0.5) is 0 Å². The molecule has 0 radical (unpaired) electrons. The van der Waals surface area contributed by atoms with E-state index in [1.807, 2.05) is 0 Å². The number of carbonyl (C=O) groups is 1. The summed E-state index contributed by atoms with van der Waals surface area (Å²) in [6.07, 6.45) is 3.84. The van der Waals surface area contributed by atoms with Crippen LogP contribution in [-0.2, 0) is 9.53 Å². The molecule has 2 aliphatic heterocycles. The summed E-state index contributed by atoms with van der Waals surface area (Å²) in [5.74, 6) is -0.200. The molecular weight excluding hydrogens is 230 g/mol. The van der Waals surface area contributed by atoms with Gasteiger partial charge in [-0.25, -0.2) is 0 Å². The van der Waals surface area contributed by atoms with E-state index in [0.29, 0.717) is 18.6 Å². The fraction of sp³-hybridized carbons (Fsp3) is 0.923. The van der Waals surface area contributed by atoms with E-state index in [1.54, 1.807) is 0 Å². The Labute approximate surface area is 109 Å². The smallest absolute Gasteiger partial charge is 0.324 e. The quantitative estimate of drug-likeness (QED) is 0.722. The number of rotatable bonds is 3. The van der Waals surface area contributed by atoms with Crippen LogP contribution in [0.15, 0.2) is 0 Å². The van der Waals surface area contributed by atoms with E-state index >= 15 is 0 Å². The molecule has 5 heteroatoms. The van der Waals surface area contributed by atoms with Crippen molar-refractivity contribution in [3.8, 4) is 0 Å². The molecule has 0 bridgehead atoms. The van der Waals surface area contributed by atoms with Crippen LogP contribution < -0.4 is 5.73 Å². The number of carbonyl (C=O) groups excluding carboxylic acids is 1. The van der Waals surface area contributed by atoms with E-state index in [0.717, 1.165) is 13.1 Å². The van der Waals surface area contributed by atoms with Crippen LogP contribution in [0.5, 0.6) is 0 Å². The van der Waals surface area contributed by atoms with Gasteiger partial charge in [0.25, 0.3) is 0 Å². The van der Waals surface area contributed by atoms with Crippen LogP contribution >= 0.6 is 0 Å². The molecule has 2 heterocycles. The van der Waals surface area contributed by atoms with Gasteiger partial charge >= 0.3 is 5.97 Å². The van der Waals surface area contributed by atoms with E-state index in [4.69, 9.17) is 10.5 Å². The Morgan fingerprint density at radius 1 is 1.44 bits per heavy atom. The first-order chi connectivity index (χ1) is 8.67. The Kier molecular flexibility index (Phi) is 4.59. The van der Waals surface area contributed by atoms with Crippen molar-refractivity contribution in [3.05, 3.63) is 0 Å². The van der Waals surface area contributed by atoms with Crippen molar-refractivity contribution in [2.24, 2.45) is 5.73 Å². The summed E-state index contributed by atoms with van der Waals surface area (Å²) in [7, 11) is 1.44. The summed E-state index contributed by atoms with van der Waals surface area (Å²) < 4.78 is 4.87. The maximum Gasteiger partial charge on any atom is 0.324 e. The molecule has 2 N–H and O–H groups in total. The molecule has 0 aromatic heterocycles. The normalized spacial score (nSPS) is 31.7. The number of fused-ring (bicyclic) bond motifs is 1. The molecule has 0 saturated carbocycles. The molecule has 0 aliphatic carbocycles. The van der Waals surface area contributed by atoms with Crippen molar-refractivity contribution in [1.82, 2.24) is 9.80 Å². The second-order valence-electron chi connectivity index (χ2n) is 5.47. The maximum atomic E-state index is 11.8. The molecule has 2 rings (SSSR count). The molecule has 0 amide bonds. The van der Waals surface area contributed by atoms with E-state index in [2.05, 4.69) is 16.7 Å². The molecule has 104 valence electrons. The molecule has 3 unspecified atom stereocenters. The second kappa shape index (κ2) is 5.99. The summed E-state index contributed by atoms with van der Waals surface area (Å²) in [6.45, 7) is 5.70. The average Bonchev–Trinajstić information content (AvgIpc) is 2.39. The fourth-order valence-electron chi connectivity index (χ4n) is 3.31. The first-order valence-electron chi connectivity index (χ1n) is 6.95. The number of piperazine rings is 1. The van der Waals surface area contributed by atoms with E-state index in [-0.39, 0.29) is 12.0 Å². The monoisotopic (exact) mass is 255 g/mol. The standard InChI is InChI=1S/C13H25N3O2/c1-10-8-15-6-4-3-5-11(15)9-16(10)12(7-14)13(17)18-2/h10-12H,3-9,14H2,1-2H3. The molecule has 0 aromatic rings. The molecular formula is C13H25N3O2. The highest BCUT2D eigenvalue weighted by molar-refractivity contribution is 5.76. The van der Waals surface area contributed by atoms with Crippen molar-refractivity contribution in [2.45, 2.75) is 44.3 Å². The van der Waals surface area contributed by atoms with Gasteiger partial charge in [-0.2, -0.15) is 0 Å². The zero-order chi connectivity index (χ0) is 13.1. The minimum absolute atomic E-state index is 0.200. The summed E-state index contributed by atoms with van der Waals surface area (Å²) >= 11 is 0. The van der Waals surface area contributed by atoms with Crippen molar-refractivity contribution in [3.63, 3.8) is 0 Å². The molecule has 0 spiro atoms. The average molecular weight is 255 g/mol. The van der Waals surface area contributed by atoms with Gasteiger partial charge < -0.3 is 10.5 Å². The lowest BCUT2D eigenvalue weighted by atomic mass is 9.96. The Morgan fingerprint density at radius 3 is 2.89 bits per heavy atom. The minimum atomic E-state index is -0.283. The highest BCUT2D eigenvalue weighted by atomic mass is 16.5. The van der Waals surface area contributed by atoms with Gasteiger partial charge in [0.15, 0.2) is 0 Å². The number of methoxy groups -OCH3 is 1. The second-order valence-corrected chi connectivity index (χ2v) is 5.47. The summed E-state index contributed by atoms with van der Waals surface area (Å²) in [6, 6.07) is 0.676. The SMILES string of the molecule is COC(=O)C(CN)N1CC2CCCCN2CC1C. The van der Waals surface area contributed by atoms with Gasteiger partial charge in [0.1, 0.15) is 6.04 Å². The summed E-state index contributed by atoms with van der Waals surface area (Å²) in [5.41, 5.74) is 5.75. The lowest BCUT2D eigenvalue weighted by Gasteiger charge is -2.49. The number of hydrogen-bond donors (Lipinski definition) is 1. The van der Waals surface area contributed by atoms with Crippen LogP contribution in [0.2, 0.25) is 0 Å². The summed E-state index contributed by atoms with van der Waals surface area (Å²) in [5, 5.41) is 0. The maximum absolute atomic E-state index is 11.8. The lowest BCUT2D eigenvalue weighted by Crippen LogP contribution is -2.63. The molecule has 3 atom stereocenters. The number of nitrogens with zero attached hydrogens (tertiary/aromatic N) is 2. The lowest BCUT2D eigenvalue weighted by molar-refractivity contribution is -0.149. The van der Waals surface area contributed by atoms with Gasteiger partial charge in [0.2, 0.25) is 0 Å². The minimum Gasteiger partial charge on any atom is -0.468 e. The Morgan fingerprint density at radius 2 is 2.22 bits per heavy atom. The third kappa shape index (κ3) is 2.68. The zero-order valence-electron chi connectivity index (χ0n) is 11.5. The van der Waals surface area contributed by atoms with Crippen LogP contribution in [-0.4, -0.2) is 67.2 Å². The van der Waals surface area contributed by atoms with E-state index in [1.165, 1.54) is 32.9 Å². The van der Waals surface area contributed by atoms with E-state index in [9.17, 15) is 4.79 Å². The highest BCUT2D eigenvalue weighted by Gasteiger charge is 2.38. The Balaban J connectivity index is 2.05. The Bertz CT molecular complexity index is 298. The van der Waals surface area contributed by atoms with Crippen molar-refractivity contribution in [1.29, 1.82) is 0 Å². The molecule has 2 fully saturated rings. The first kappa shape index (κ1) is 13.8. The van der Waals surface area contributed by atoms with Crippen LogP contribution in [0.25, 0.3) is 0 Å². The van der Waals surface area contributed by atoms with Crippen LogP contribution in [0.1, 0.15) is 26.2 Å².